The molecule has 1 aromatic heterocycles. The summed E-state index contributed by atoms with van der Waals surface area (Å²) >= 11 is 20.2. The Morgan fingerprint density at radius 2 is 1.86 bits per heavy atom. The smallest absolute Gasteiger partial charge is 0.282 e. The zero-order valence-electron chi connectivity index (χ0n) is 19.2. The van der Waals surface area contributed by atoms with Gasteiger partial charge in [-0.1, -0.05) is 59.0 Å². The molecule has 0 saturated heterocycles. The lowest BCUT2D eigenvalue weighted by molar-refractivity contribution is 0.302. The summed E-state index contributed by atoms with van der Waals surface area (Å²) in [5.74, 6) is 1.46. The Balaban J connectivity index is 1.66. The molecule has 36 heavy (non-hydrogen) atoms. The van der Waals surface area contributed by atoms with Crippen molar-refractivity contribution < 1.29 is 4.74 Å². The van der Waals surface area contributed by atoms with Gasteiger partial charge in [0.1, 0.15) is 18.2 Å². The van der Waals surface area contributed by atoms with Crippen LogP contribution in [0.25, 0.3) is 10.9 Å². The van der Waals surface area contributed by atoms with Crippen LogP contribution in [-0.2, 0) is 6.61 Å². The summed E-state index contributed by atoms with van der Waals surface area (Å²) in [7, 11) is 0. The van der Waals surface area contributed by atoms with E-state index in [0.29, 0.717) is 33.4 Å². The van der Waals surface area contributed by atoms with Crippen molar-refractivity contribution in [3.8, 4) is 5.75 Å². The molecule has 0 aliphatic heterocycles. The molecule has 0 saturated carbocycles. The first-order valence-corrected chi connectivity index (χ1v) is 14.7. The predicted molar refractivity (Wildman–Crippen MR) is 168 cm³/mol. The minimum Gasteiger partial charge on any atom is -0.487 e. The molecule has 1 heterocycles. The van der Waals surface area contributed by atoms with E-state index in [1.54, 1.807) is 24.4 Å². The topological polar surface area (TPSA) is 56.5 Å². The Kier molecular flexibility index (Phi) is 9.35. The quantitative estimate of drug-likeness (QED) is 0.139. The van der Waals surface area contributed by atoms with Crippen LogP contribution in [0.15, 0.2) is 62.9 Å². The fourth-order valence-electron chi connectivity index (χ4n) is 3.48. The highest BCUT2D eigenvalue weighted by Gasteiger charge is 2.16. The number of fused-ring (bicyclic) bond motifs is 1. The van der Waals surface area contributed by atoms with Gasteiger partial charge in [-0.15, -0.1) is 0 Å². The van der Waals surface area contributed by atoms with Gasteiger partial charge in [0.25, 0.3) is 5.56 Å². The highest BCUT2D eigenvalue weighted by atomic mass is 127. The molecule has 5 nitrogen and oxygen atoms in total. The third-order valence-corrected chi connectivity index (χ3v) is 8.30. The summed E-state index contributed by atoms with van der Waals surface area (Å²) in [6.07, 6.45) is 2.52. The number of benzene rings is 3. The van der Waals surface area contributed by atoms with E-state index in [-0.39, 0.29) is 11.5 Å². The molecule has 0 bridgehead atoms. The maximum Gasteiger partial charge on any atom is 0.282 e. The normalized spacial score (nSPS) is 12.4. The largest absolute Gasteiger partial charge is 0.487 e. The Morgan fingerprint density at radius 1 is 1.14 bits per heavy atom. The van der Waals surface area contributed by atoms with E-state index in [9.17, 15) is 4.79 Å². The maximum absolute atomic E-state index is 13.3. The second-order valence-corrected chi connectivity index (χ2v) is 12.2. The molecule has 4 rings (SSSR count). The fraction of sp³-hybridized carbons (Fsp3) is 0.192. The van der Waals surface area contributed by atoms with Crippen LogP contribution in [0.1, 0.15) is 43.1 Å². The third kappa shape index (κ3) is 6.25. The number of aromatic nitrogens is 2. The van der Waals surface area contributed by atoms with E-state index >= 15 is 0 Å². The number of nitrogens with zero attached hydrogens (tertiary/aromatic N) is 3. The highest BCUT2D eigenvalue weighted by molar-refractivity contribution is 14.1. The predicted octanol–water partition coefficient (Wildman–Crippen LogP) is 8.65. The van der Waals surface area contributed by atoms with E-state index in [4.69, 9.17) is 32.9 Å². The molecule has 10 heteroatoms. The molecule has 4 aromatic rings. The van der Waals surface area contributed by atoms with Crippen molar-refractivity contribution in [2.24, 2.45) is 5.10 Å². The van der Waals surface area contributed by atoms with Crippen molar-refractivity contribution in [1.82, 2.24) is 9.66 Å². The number of ether oxygens (including phenoxy) is 1. The minimum absolute atomic E-state index is 0.0682. The standard InChI is InChI=1S/C26H20BrCl2I2N3O2/c1-3-14(2)25-33-23-7-5-17(27)10-19(23)26(35)34(25)32-12-15-8-21(30)24(22(31)9-15)36-13-16-4-6-18(28)11-20(16)29/h4-12,14H,3,13H2,1-2H3/t14-/m0/s1. The van der Waals surface area contributed by atoms with Gasteiger partial charge in [0.05, 0.1) is 24.3 Å². The van der Waals surface area contributed by atoms with E-state index in [2.05, 4.69) is 73.1 Å². The van der Waals surface area contributed by atoms with E-state index in [1.165, 1.54) is 4.68 Å². The number of halogens is 5. The average molecular weight is 811 g/mol. The molecule has 0 fully saturated rings. The molecule has 0 radical (unpaired) electrons. The van der Waals surface area contributed by atoms with Crippen LogP contribution in [0.2, 0.25) is 10.0 Å². The molecule has 0 unspecified atom stereocenters. The van der Waals surface area contributed by atoms with Gasteiger partial charge in [0.15, 0.2) is 0 Å². The van der Waals surface area contributed by atoms with Crippen molar-refractivity contribution in [1.29, 1.82) is 0 Å². The molecular formula is C26H20BrCl2I2N3O2. The lowest BCUT2D eigenvalue weighted by Crippen LogP contribution is -2.23. The monoisotopic (exact) mass is 809 g/mol. The van der Waals surface area contributed by atoms with Crippen molar-refractivity contribution in [3.05, 3.63) is 97.5 Å². The van der Waals surface area contributed by atoms with Gasteiger partial charge < -0.3 is 4.74 Å². The average Bonchev–Trinajstić information content (AvgIpc) is 2.83. The molecule has 0 aliphatic rings. The first-order chi connectivity index (χ1) is 17.2. The second kappa shape index (κ2) is 12.1. The summed E-state index contributed by atoms with van der Waals surface area (Å²) in [6.45, 7) is 4.43. The SMILES string of the molecule is CC[C@H](C)c1nc2ccc(Br)cc2c(=O)n1N=Cc1cc(I)c(OCc2ccc(Cl)cc2Cl)c(I)c1. The summed E-state index contributed by atoms with van der Waals surface area (Å²) in [6, 6.07) is 14.8. The summed E-state index contributed by atoms with van der Waals surface area (Å²) in [4.78, 5) is 18.1. The lowest BCUT2D eigenvalue weighted by Gasteiger charge is -2.14. The fourth-order valence-corrected chi connectivity index (χ4v) is 6.44. The molecule has 0 amide bonds. The van der Waals surface area contributed by atoms with E-state index in [0.717, 1.165) is 34.9 Å². The van der Waals surface area contributed by atoms with Crippen LogP contribution >= 0.6 is 84.3 Å². The molecule has 0 aliphatic carbocycles. The first kappa shape index (κ1) is 27.8. The lowest BCUT2D eigenvalue weighted by atomic mass is 10.1. The zero-order chi connectivity index (χ0) is 26.0. The van der Waals surface area contributed by atoms with Crippen LogP contribution < -0.4 is 10.3 Å². The minimum atomic E-state index is -0.197. The number of rotatable bonds is 7. The summed E-state index contributed by atoms with van der Waals surface area (Å²) < 4.78 is 10.1. The Hall–Kier alpha value is -1.21. The Morgan fingerprint density at radius 3 is 2.53 bits per heavy atom. The van der Waals surface area contributed by atoms with Crippen molar-refractivity contribution in [2.75, 3.05) is 0 Å². The highest BCUT2D eigenvalue weighted by Crippen LogP contribution is 2.31. The van der Waals surface area contributed by atoms with Crippen LogP contribution in [0.3, 0.4) is 0 Å². The maximum atomic E-state index is 13.3. The van der Waals surface area contributed by atoms with Crippen molar-refractivity contribution in [2.45, 2.75) is 32.8 Å². The van der Waals surface area contributed by atoms with Crippen LogP contribution in [0, 0.1) is 7.14 Å². The molecule has 0 spiro atoms. The van der Waals surface area contributed by atoms with E-state index < -0.39 is 0 Å². The van der Waals surface area contributed by atoms with Gasteiger partial charge >= 0.3 is 0 Å². The van der Waals surface area contributed by atoms with Gasteiger partial charge in [-0.25, -0.2) is 4.98 Å². The molecular weight excluding hydrogens is 791 g/mol. The third-order valence-electron chi connectivity index (χ3n) is 5.62. The molecule has 1 atom stereocenters. The van der Waals surface area contributed by atoms with Crippen molar-refractivity contribution in [3.63, 3.8) is 0 Å². The van der Waals surface area contributed by atoms with Gasteiger partial charge in [0, 0.05) is 26.0 Å². The van der Waals surface area contributed by atoms with Crippen LogP contribution in [-0.4, -0.2) is 15.9 Å². The summed E-state index contributed by atoms with van der Waals surface area (Å²) in [5.41, 5.74) is 2.16. The van der Waals surface area contributed by atoms with Gasteiger partial charge in [-0.3, -0.25) is 4.79 Å². The van der Waals surface area contributed by atoms with Gasteiger partial charge in [-0.05, 0) is 99.6 Å². The van der Waals surface area contributed by atoms with Crippen LogP contribution in [0.5, 0.6) is 5.75 Å². The number of hydrogen-bond donors (Lipinski definition) is 0. The number of hydrogen-bond acceptors (Lipinski definition) is 4. The molecule has 186 valence electrons. The Labute approximate surface area is 254 Å². The zero-order valence-corrected chi connectivity index (χ0v) is 26.6. The molecule has 3 aromatic carbocycles. The molecule has 0 N–H and O–H groups in total. The van der Waals surface area contributed by atoms with E-state index in [1.807, 2.05) is 37.3 Å². The van der Waals surface area contributed by atoms with Crippen molar-refractivity contribution >= 4 is 101 Å². The van der Waals surface area contributed by atoms with Gasteiger partial charge in [0.2, 0.25) is 0 Å². The first-order valence-electron chi connectivity index (χ1n) is 11.0. The second-order valence-electron chi connectivity index (χ2n) is 8.14. The Bertz CT molecular complexity index is 1520. The van der Waals surface area contributed by atoms with Crippen LogP contribution in [0.4, 0.5) is 0 Å². The van der Waals surface area contributed by atoms with Gasteiger partial charge in [-0.2, -0.15) is 9.78 Å². The summed E-state index contributed by atoms with van der Waals surface area (Å²) in [5, 5.41) is 6.24.